The zero-order chi connectivity index (χ0) is 16.4. The third-order valence-corrected chi connectivity index (χ3v) is 5.90. The maximum Gasteiger partial charge on any atom is 0.124 e. The molecule has 0 aliphatic carbocycles. The fourth-order valence-corrected chi connectivity index (χ4v) is 4.61. The van der Waals surface area contributed by atoms with E-state index in [9.17, 15) is 4.39 Å². The van der Waals surface area contributed by atoms with E-state index in [-0.39, 0.29) is 24.3 Å². The number of aromatic nitrogens is 1. The molecule has 1 N–H and O–H groups in total. The fraction of sp³-hybridized carbons (Fsp3) is 0.278. The van der Waals surface area contributed by atoms with Crippen molar-refractivity contribution >= 4 is 35.1 Å². The Morgan fingerprint density at radius 3 is 3.00 bits per heavy atom. The van der Waals surface area contributed by atoms with Crippen LogP contribution in [0.4, 0.5) is 4.39 Å². The zero-order valence-corrected chi connectivity index (χ0v) is 16.0. The van der Waals surface area contributed by atoms with E-state index >= 15 is 0 Å². The lowest BCUT2D eigenvalue weighted by Crippen LogP contribution is -2.45. The van der Waals surface area contributed by atoms with Crippen LogP contribution in [0.3, 0.4) is 0 Å². The van der Waals surface area contributed by atoms with Crippen molar-refractivity contribution in [2.24, 2.45) is 0 Å². The number of benzene rings is 1. The van der Waals surface area contributed by atoms with Gasteiger partial charge in [-0.3, -0.25) is 4.90 Å². The molecule has 1 aromatic carbocycles. The number of halogens is 2. The summed E-state index contributed by atoms with van der Waals surface area (Å²) in [4.78, 5) is 7.17. The average molecular weight is 396 g/mol. The second-order valence-corrected chi connectivity index (χ2v) is 7.54. The third kappa shape index (κ3) is 4.27. The van der Waals surface area contributed by atoms with Crippen LogP contribution in [0.25, 0.3) is 10.6 Å². The van der Waals surface area contributed by atoms with Crippen LogP contribution in [0, 0.1) is 5.82 Å². The highest BCUT2D eigenvalue weighted by molar-refractivity contribution is 7.14. The lowest BCUT2D eigenvalue weighted by atomic mass is 10.0. The highest BCUT2D eigenvalue weighted by atomic mass is 35.5. The number of piperazine rings is 1. The van der Waals surface area contributed by atoms with Gasteiger partial charge in [-0.05, 0) is 29.1 Å². The molecule has 1 atom stereocenters. The number of thiophene rings is 1. The number of nitrogens with one attached hydrogen (secondary N) is 1. The Labute approximate surface area is 160 Å². The molecule has 3 heterocycles. The van der Waals surface area contributed by atoms with Gasteiger partial charge in [-0.2, -0.15) is 11.3 Å². The van der Waals surface area contributed by atoms with Crippen molar-refractivity contribution in [3.8, 4) is 10.6 Å². The molecule has 2 aromatic heterocycles. The molecule has 1 saturated heterocycles. The summed E-state index contributed by atoms with van der Waals surface area (Å²) in [7, 11) is 0. The predicted octanol–water partition coefficient (Wildman–Crippen LogP) is 4.58. The van der Waals surface area contributed by atoms with Gasteiger partial charge in [0.25, 0.3) is 0 Å². The molecular weight excluding hydrogens is 377 g/mol. The SMILES string of the molecule is Cl.Fc1cccc(C2CNCCN2Cc2csc(-c3ccsc3)n2)c1. The molecule has 0 amide bonds. The molecule has 0 spiro atoms. The number of rotatable bonds is 4. The van der Waals surface area contributed by atoms with E-state index < -0.39 is 0 Å². The predicted molar refractivity (Wildman–Crippen MR) is 105 cm³/mol. The number of hydrogen-bond donors (Lipinski definition) is 1. The lowest BCUT2D eigenvalue weighted by molar-refractivity contribution is 0.152. The number of thiazole rings is 1. The topological polar surface area (TPSA) is 28.2 Å². The first-order valence-corrected chi connectivity index (χ1v) is 9.79. The molecule has 4 rings (SSSR count). The second kappa shape index (κ2) is 8.38. The molecule has 3 nitrogen and oxygen atoms in total. The van der Waals surface area contributed by atoms with Gasteiger partial charge in [0.1, 0.15) is 10.8 Å². The van der Waals surface area contributed by atoms with Gasteiger partial charge >= 0.3 is 0 Å². The van der Waals surface area contributed by atoms with Gasteiger partial charge in [-0.1, -0.05) is 12.1 Å². The maximum absolute atomic E-state index is 13.6. The first-order chi connectivity index (χ1) is 11.8. The summed E-state index contributed by atoms with van der Waals surface area (Å²) in [6.07, 6.45) is 0. The molecule has 0 radical (unpaired) electrons. The molecule has 1 unspecified atom stereocenters. The number of hydrogen-bond acceptors (Lipinski definition) is 5. The second-order valence-electron chi connectivity index (χ2n) is 5.90. The normalized spacial score (nSPS) is 18.0. The Kier molecular flexibility index (Phi) is 6.19. The van der Waals surface area contributed by atoms with Gasteiger partial charge in [0, 0.05) is 48.5 Å². The molecule has 1 aliphatic heterocycles. The lowest BCUT2D eigenvalue weighted by Gasteiger charge is -2.36. The minimum atomic E-state index is -0.175. The molecule has 0 bridgehead atoms. The Morgan fingerprint density at radius 2 is 2.20 bits per heavy atom. The van der Waals surface area contributed by atoms with Crippen LogP contribution in [-0.2, 0) is 6.54 Å². The van der Waals surface area contributed by atoms with Crippen molar-refractivity contribution < 1.29 is 4.39 Å². The molecule has 7 heteroatoms. The van der Waals surface area contributed by atoms with Gasteiger partial charge in [-0.15, -0.1) is 23.7 Å². The van der Waals surface area contributed by atoms with Crippen molar-refractivity contribution in [3.63, 3.8) is 0 Å². The minimum Gasteiger partial charge on any atom is -0.314 e. The largest absolute Gasteiger partial charge is 0.314 e. The van der Waals surface area contributed by atoms with Gasteiger partial charge in [-0.25, -0.2) is 9.37 Å². The van der Waals surface area contributed by atoms with Crippen molar-refractivity contribution in [3.05, 3.63) is 63.5 Å². The van der Waals surface area contributed by atoms with Crippen molar-refractivity contribution in [2.45, 2.75) is 12.6 Å². The van der Waals surface area contributed by atoms with E-state index in [0.29, 0.717) is 0 Å². The van der Waals surface area contributed by atoms with E-state index in [0.717, 1.165) is 42.4 Å². The molecule has 1 fully saturated rings. The maximum atomic E-state index is 13.6. The molecule has 3 aromatic rings. The van der Waals surface area contributed by atoms with Gasteiger partial charge < -0.3 is 5.32 Å². The summed E-state index contributed by atoms with van der Waals surface area (Å²) < 4.78 is 13.6. The van der Waals surface area contributed by atoms with Crippen molar-refractivity contribution in [1.29, 1.82) is 0 Å². The molecular formula is C18H19ClFN3S2. The van der Waals surface area contributed by atoms with Crippen LogP contribution in [-0.4, -0.2) is 29.5 Å². The van der Waals surface area contributed by atoms with Crippen LogP contribution in [0.15, 0.2) is 46.5 Å². The Bertz CT molecular complexity index is 806. The third-order valence-electron chi connectivity index (χ3n) is 4.27. The van der Waals surface area contributed by atoms with Crippen LogP contribution in [0.2, 0.25) is 0 Å². The molecule has 1 aliphatic rings. The Hall–Kier alpha value is -1.31. The fourth-order valence-electron chi connectivity index (χ4n) is 3.08. The van der Waals surface area contributed by atoms with Gasteiger partial charge in [0.15, 0.2) is 0 Å². The quantitative estimate of drug-likeness (QED) is 0.700. The summed E-state index contributed by atoms with van der Waals surface area (Å²) in [5, 5.41) is 10.8. The van der Waals surface area contributed by atoms with E-state index in [2.05, 4.69) is 32.4 Å². The van der Waals surface area contributed by atoms with Crippen LogP contribution >= 0.6 is 35.1 Å². The molecule has 0 saturated carbocycles. The van der Waals surface area contributed by atoms with Gasteiger partial charge in [0.05, 0.1) is 5.69 Å². The van der Waals surface area contributed by atoms with Crippen molar-refractivity contribution in [2.75, 3.05) is 19.6 Å². The Balaban J connectivity index is 0.00000182. The average Bonchev–Trinajstić information content (AvgIpc) is 3.26. The van der Waals surface area contributed by atoms with Crippen LogP contribution in [0.5, 0.6) is 0 Å². The molecule has 132 valence electrons. The summed E-state index contributed by atoms with van der Waals surface area (Å²) >= 11 is 3.38. The highest BCUT2D eigenvalue weighted by Crippen LogP contribution is 2.28. The van der Waals surface area contributed by atoms with E-state index in [1.54, 1.807) is 34.8 Å². The van der Waals surface area contributed by atoms with E-state index in [4.69, 9.17) is 4.98 Å². The molecule has 25 heavy (non-hydrogen) atoms. The standard InChI is InChI=1S/C18H18FN3S2.ClH/c19-15-3-1-2-13(8-15)17-9-20-5-6-22(17)10-16-12-24-18(21-16)14-4-7-23-11-14;/h1-4,7-8,11-12,17,20H,5-6,9-10H2;1H. The van der Waals surface area contributed by atoms with E-state index in [1.165, 1.54) is 11.6 Å². The summed E-state index contributed by atoms with van der Waals surface area (Å²) in [6, 6.07) is 9.22. The highest BCUT2D eigenvalue weighted by Gasteiger charge is 2.24. The summed E-state index contributed by atoms with van der Waals surface area (Å²) in [6.45, 7) is 3.52. The van der Waals surface area contributed by atoms with Gasteiger partial charge in [0.2, 0.25) is 0 Å². The first-order valence-electron chi connectivity index (χ1n) is 7.97. The Morgan fingerprint density at radius 1 is 1.28 bits per heavy atom. The monoisotopic (exact) mass is 395 g/mol. The van der Waals surface area contributed by atoms with Crippen LogP contribution < -0.4 is 5.32 Å². The minimum absolute atomic E-state index is 0. The summed E-state index contributed by atoms with van der Waals surface area (Å²) in [5.74, 6) is -0.175. The summed E-state index contributed by atoms with van der Waals surface area (Å²) in [5.41, 5.74) is 3.30. The van der Waals surface area contributed by atoms with Crippen LogP contribution in [0.1, 0.15) is 17.3 Å². The zero-order valence-electron chi connectivity index (χ0n) is 13.5. The number of nitrogens with zero attached hydrogens (tertiary/aromatic N) is 2. The van der Waals surface area contributed by atoms with Crippen molar-refractivity contribution in [1.82, 2.24) is 15.2 Å². The van der Waals surface area contributed by atoms with E-state index in [1.807, 2.05) is 6.07 Å². The smallest absolute Gasteiger partial charge is 0.124 e. The first kappa shape index (κ1) is 18.5.